The van der Waals surface area contributed by atoms with Gasteiger partial charge in [0, 0.05) is 19.5 Å². The van der Waals surface area contributed by atoms with Gasteiger partial charge in [0.15, 0.2) is 9.84 Å². The molecule has 1 aromatic rings. The van der Waals surface area contributed by atoms with Gasteiger partial charge in [-0.2, -0.15) is 0 Å². The number of carbonyl (C=O) groups is 2. The van der Waals surface area contributed by atoms with Crippen molar-refractivity contribution in [3.05, 3.63) is 42.0 Å². The first-order valence-corrected chi connectivity index (χ1v) is 12.9. The highest BCUT2D eigenvalue weighted by atomic mass is 32.2. The van der Waals surface area contributed by atoms with Crippen LogP contribution in [0.25, 0.3) is 0 Å². The molecule has 1 aromatic carbocycles. The summed E-state index contributed by atoms with van der Waals surface area (Å²) >= 11 is 0. The highest BCUT2D eigenvalue weighted by molar-refractivity contribution is 7.91. The first-order valence-electron chi connectivity index (χ1n) is 11.0. The molecule has 7 nitrogen and oxygen atoms in total. The van der Waals surface area contributed by atoms with Crippen LogP contribution in [0.5, 0.6) is 5.75 Å². The number of sulfone groups is 1. The summed E-state index contributed by atoms with van der Waals surface area (Å²) in [4.78, 5) is 24.4. The molecule has 3 amide bonds. The second-order valence-corrected chi connectivity index (χ2v) is 10.6. The van der Waals surface area contributed by atoms with E-state index in [4.69, 9.17) is 4.74 Å². The minimum atomic E-state index is -3.22. The number of nitrogens with one attached hydrogen (secondary N) is 1. The molecule has 31 heavy (non-hydrogen) atoms. The second-order valence-electron chi connectivity index (χ2n) is 8.36. The Morgan fingerprint density at radius 1 is 1.26 bits per heavy atom. The molecule has 1 aliphatic carbocycles. The first-order chi connectivity index (χ1) is 14.9. The van der Waals surface area contributed by atoms with E-state index in [1.165, 1.54) is 17.7 Å². The number of imide groups is 1. The predicted molar refractivity (Wildman–Crippen MR) is 120 cm³/mol. The smallest absolute Gasteiger partial charge is 0.324 e. The van der Waals surface area contributed by atoms with E-state index >= 15 is 0 Å². The van der Waals surface area contributed by atoms with Gasteiger partial charge in [-0.3, -0.25) is 10.1 Å². The topological polar surface area (TPSA) is 92.8 Å². The van der Waals surface area contributed by atoms with Gasteiger partial charge in [-0.1, -0.05) is 31.2 Å². The van der Waals surface area contributed by atoms with Gasteiger partial charge < -0.3 is 9.64 Å². The molecule has 0 unspecified atom stereocenters. The lowest BCUT2D eigenvalue weighted by atomic mass is 9.98. The van der Waals surface area contributed by atoms with Gasteiger partial charge >= 0.3 is 6.03 Å². The molecule has 3 rings (SSSR count). The van der Waals surface area contributed by atoms with Crippen LogP contribution in [-0.2, 0) is 14.6 Å². The highest BCUT2D eigenvalue weighted by Gasteiger charge is 2.23. The maximum Gasteiger partial charge on any atom is 0.324 e. The summed E-state index contributed by atoms with van der Waals surface area (Å²) in [5, 5.41) is 2.27. The first kappa shape index (κ1) is 23.3. The van der Waals surface area contributed by atoms with E-state index < -0.39 is 15.9 Å². The average molecular weight is 449 g/mol. The van der Waals surface area contributed by atoms with E-state index in [1.807, 2.05) is 31.2 Å². The molecular formula is C23H32N2O5S. The molecule has 1 N–H and O–H groups in total. The van der Waals surface area contributed by atoms with E-state index in [0.29, 0.717) is 31.8 Å². The molecule has 8 heteroatoms. The number of rotatable bonds is 12. The standard InChI is InChI=1S/C23H32N2O5S/c1-2-19(20-7-6-8-21(15-20)30-16-18-9-10-18)17-31(28,29)14-5-3-4-12-25-13-11-22(26)24-23(25)27/h3-4,6-8,15,18-19H,2,5,9-14,16-17H2,1H3,(H,24,26,27)/b4-3+/t19-/m0/s1. The molecular weight excluding hydrogens is 416 g/mol. The summed E-state index contributed by atoms with van der Waals surface area (Å²) in [7, 11) is -3.22. The van der Waals surface area contributed by atoms with E-state index in [9.17, 15) is 18.0 Å². The zero-order valence-corrected chi connectivity index (χ0v) is 18.9. The van der Waals surface area contributed by atoms with Gasteiger partial charge in [0.05, 0.1) is 18.1 Å². The third kappa shape index (κ3) is 7.69. The van der Waals surface area contributed by atoms with Crippen molar-refractivity contribution in [2.45, 2.75) is 44.9 Å². The Hall–Kier alpha value is -2.35. The molecule has 1 aliphatic heterocycles. The zero-order valence-electron chi connectivity index (χ0n) is 18.1. The van der Waals surface area contributed by atoms with Gasteiger partial charge in [0.25, 0.3) is 0 Å². The van der Waals surface area contributed by atoms with E-state index in [2.05, 4.69) is 5.32 Å². The Morgan fingerprint density at radius 3 is 2.77 bits per heavy atom. The van der Waals surface area contributed by atoms with E-state index in [-0.39, 0.29) is 23.3 Å². The molecule has 2 fully saturated rings. The Morgan fingerprint density at radius 2 is 2.06 bits per heavy atom. The van der Waals surface area contributed by atoms with Gasteiger partial charge in [-0.05, 0) is 55.2 Å². The fourth-order valence-corrected chi connectivity index (χ4v) is 5.24. The van der Waals surface area contributed by atoms with Crippen LogP contribution in [0.4, 0.5) is 4.79 Å². The molecule has 1 saturated heterocycles. The average Bonchev–Trinajstić information content (AvgIpc) is 3.56. The van der Waals surface area contributed by atoms with Crippen molar-refractivity contribution in [1.82, 2.24) is 10.2 Å². The van der Waals surface area contributed by atoms with Crippen LogP contribution in [-0.4, -0.2) is 56.5 Å². The van der Waals surface area contributed by atoms with Crippen molar-refractivity contribution < 1.29 is 22.7 Å². The lowest BCUT2D eigenvalue weighted by molar-refractivity contribution is -0.121. The van der Waals surface area contributed by atoms with Crippen molar-refractivity contribution in [1.29, 1.82) is 0 Å². The molecule has 170 valence electrons. The number of hydrogen-bond acceptors (Lipinski definition) is 5. The van der Waals surface area contributed by atoms with Crippen molar-refractivity contribution in [3.8, 4) is 5.75 Å². The number of ether oxygens (including phenoxy) is 1. The minimum absolute atomic E-state index is 0.0620. The monoisotopic (exact) mass is 448 g/mol. The van der Waals surface area contributed by atoms with Crippen LogP contribution in [0.2, 0.25) is 0 Å². The number of urea groups is 1. The summed E-state index contributed by atoms with van der Waals surface area (Å²) in [6.07, 6.45) is 7.46. The molecule has 0 aromatic heterocycles. The van der Waals surface area contributed by atoms with Crippen LogP contribution < -0.4 is 10.1 Å². The number of allylic oxidation sites excluding steroid dienone is 1. The lowest BCUT2D eigenvalue weighted by Crippen LogP contribution is -2.49. The number of benzene rings is 1. The molecule has 0 radical (unpaired) electrons. The number of nitrogens with zero attached hydrogens (tertiary/aromatic N) is 1. The fraction of sp³-hybridized carbons (Fsp3) is 0.565. The molecule has 0 spiro atoms. The largest absolute Gasteiger partial charge is 0.493 e. The van der Waals surface area contributed by atoms with Crippen LogP contribution in [0.1, 0.15) is 50.5 Å². The third-order valence-corrected chi connectivity index (χ3v) is 7.46. The van der Waals surface area contributed by atoms with Gasteiger partial charge in [-0.15, -0.1) is 0 Å². The van der Waals surface area contributed by atoms with Crippen molar-refractivity contribution in [2.75, 3.05) is 31.2 Å². The Labute approximate surface area is 184 Å². The van der Waals surface area contributed by atoms with Crippen LogP contribution in [0, 0.1) is 5.92 Å². The summed E-state index contributed by atoms with van der Waals surface area (Å²) < 4.78 is 31.2. The van der Waals surface area contributed by atoms with Crippen molar-refractivity contribution in [3.63, 3.8) is 0 Å². The fourth-order valence-electron chi connectivity index (χ4n) is 3.54. The highest BCUT2D eigenvalue weighted by Crippen LogP contribution is 2.31. The second kappa shape index (κ2) is 10.8. The predicted octanol–water partition coefficient (Wildman–Crippen LogP) is 3.27. The number of carbonyl (C=O) groups excluding carboxylic acids is 2. The lowest BCUT2D eigenvalue weighted by Gasteiger charge is -2.25. The molecule has 1 atom stereocenters. The molecule has 1 heterocycles. The number of amides is 3. The summed E-state index contributed by atoms with van der Waals surface area (Å²) in [6, 6.07) is 7.40. The maximum atomic E-state index is 12.7. The van der Waals surface area contributed by atoms with E-state index in [0.717, 1.165) is 24.3 Å². The van der Waals surface area contributed by atoms with Gasteiger partial charge in [-0.25, -0.2) is 13.2 Å². The van der Waals surface area contributed by atoms with Crippen molar-refractivity contribution >= 4 is 21.8 Å². The SMILES string of the molecule is CC[C@@H](CS(=O)(=O)CC/C=C/CN1CCC(=O)NC1=O)c1cccc(OCC2CC2)c1. The summed E-state index contributed by atoms with van der Waals surface area (Å²) in [5.41, 5.74) is 1.00. The van der Waals surface area contributed by atoms with Crippen LogP contribution in [0.15, 0.2) is 36.4 Å². The molecule has 2 aliphatic rings. The van der Waals surface area contributed by atoms with Crippen LogP contribution >= 0.6 is 0 Å². The minimum Gasteiger partial charge on any atom is -0.493 e. The van der Waals surface area contributed by atoms with Gasteiger partial charge in [0.2, 0.25) is 5.91 Å². The Kier molecular flexibility index (Phi) is 8.12. The van der Waals surface area contributed by atoms with Crippen molar-refractivity contribution in [2.24, 2.45) is 5.92 Å². The summed E-state index contributed by atoms with van der Waals surface area (Å²) in [5.74, 6) is 1.34. The molecule has 1 saturated carbocycles. The zero-order chi connectivity index (χ0) is 22.3. The van der Waals surface area contributed by atoms with Crippen LogP contribution in [0.3, 0.4) is 0 Å². The Bertz CT molecular complexity index is 908. The quantitative estimate of drug-likeness (QED) is 0.496. The van der Waals surface area contributed by atoms with E-state index in [1.54, 1.807) is 12.2 Å². The summed E-state index contributed by atoms with van der Waals surface area (Å²) in [6.45, 7) is 3.49. The third-order valence-electron chi connectivity index (χ3n) is 5.69. The normalized spacial score (nSPS) is 18.3. The maximum absolute atomic E-state index is 12.7. The molecule has 0 bridgehead atoms. The van der Waals surface area contributed by atoms with Gasteiger partial charge in [0.1, 0.15) is 5.75 Å². The number of hydrogen-bond donors (Lipinski definition) is 1. The Balaban J connectivity index is 1.46.